The number of sulfone groups is 1. The number of benzene rings is 1. The molecule has 1 fully saturated rings. The van der Waals surface area contributed by atoms with Crippen molar-refractivity contribution in [1.82, 2.24) is 5.32 Å². The maximum Gasteiger partial charge on any atom is 0.351 e. The van der Waals surface area contributed by atoms with E-state index >= 15 is 0 Å². The summed E-state index contributed by atoms with van der Waals surface area (Å²) >= 11 is 0. The van der Waals surface area contributed by atoms with Crippen LogP contribution in [0, 0.1) is 5.82 Å². The maximum absolute atomic E-state index is 13.9. The number of allylic oxidation sites excluding steroid dienone is 1. The van der Waals surface area contributed by atoms with E-state index in [0.717, 1.165) is 38.5 Å². The number of methoxy groups -OCH3 is 1. The van der Waals surface area contributed by atoms with Crippen LogP contribution in [-0.2, 0) is 19.4 Å². The Kier molecular flexibility index (Phi) is 5.18. The lowest BCUT2D eigenvalue weighted by atomic mass is 10.2. The van der Waals surface area contributed by atoms with Crippen LogP contribution in [0.1, 0.15) is 25.7 Å². The highest BCUT2D eigenvalue weighted by Gasteiger charge is 2.33. The number of esters is 1. The Morgan fingerprint density at radius 1 is 1.23 bits per heavy atom. The normalized spacial score (nSPS) is 18.1. The van der Waals surface area contributed by atoms with E-state index in [2.05, 4.69) is 10.1 Å². The third kappa shape index (κ3) is 3.30. The van der Waals surface area contributed by atoms with E-state index in [1.54, 1.807) is 0 Å². The Hall–Kier alpha value is -1.89. The van der Waals surface area contributed by atoms with Crippen LogP contribution < -0.4 is 5.32 Å². The lowest BCUT2D eigenvalue weighted by Gasteiger charge is -2.14. The van der Waals surface area contributed by atoms with Crippen molar-refractivity contribution in [1.29, 1.82) is 0 Å². The minimum Gasteiger partial charge on any atom is -0.465 e. The monoisotopic (exact) mass is 327 g/mol. The SMILES string of the molecule is COC(=O)C(=C1CCCCCN1)S(=O)(=O)c1ccccc1F. The molecule has 0 saturated carbocycles. The zero-order valence-electron chi connectivity index (χ0n) is 12.3. The molecule has 1 aromatic rings. The molecule has 120 valence electrons. The summed E-state index contributed by atoms with van der Waals surface area (Å²) in [6, 6.07) is 5.00. The molecule has 0 atom stereocenters. The van der Waals surface area contributed by atoms with E-state index in [-0.39, 0.29) is 0 Å². The molecule has 7 heteroatoms. The Balaban J connectivity index is 2.61. The van der Waals surface area contributed by atoms with Crippen LogP contribution in [0.5, 0.6) is 0 Å². The smallest absolute Gasteiger partial charge is 0.351 e. The molecule has 1 aromatic carbocycles. The van der Waals surface area contributed by atoms with Gasteiger partial charge in [0.1, 0.15) is 10.7 Å². The van der Waals surface area contributed by atoms with Crippen LogP contribution >= 0.6 is 0 Å². The van der Waals surface area contributed by atoms with Crippen LogP contribution in [0.4, 0.5) is 4.39 Å². The highest BCUT2D eigenvalue weighted by atomic mass is 32.2. The first-order valence-corrected chi connectivity index (χ1v) is 8.51. The van der Waals surface area contributed by atoms with Crippen molar-refractivity contribution >= 4 is 15.8 Å². The number of hydrogen-bond donors (Lipinski definition) is 1. The van der Waals surface area contributed by atoms with Gasteiger partial charge in [0, 0.05) is 12.2 Å². The lowest BCUT2D eigenvalue weighted by molar-refractivity contribution is -0.135. The van der Waals surface area contributed by atoms with Crippen molar-refractivity contribution in [3.05, 3.63) is 40.7 Å². The Morgan fingerprint density at radius 3 is 2.64 bits per heavy atom. The highest BCUT2D eigenvalue weighted by Crippen LogP contribution is 2.27. The zero-order valence-corrected chi connectivity index (χ0v) is 13.1. The molecule has 0 bridgehead atoms. The number of ether oxygens (including phenoxy) is 1. The van der Waals surface area contributed by atoms with E-state index < -0.39 is 31.4 Å². The van der Waals surface area contributed by atoms with Gasteiger partial charge >= 0.3 is 5.97 Å². The second-order valence-electron chi connectivity index (χ2n) is 4.97. The Labute approximate surface area is 129 Å². The first-order chi connectivity index (χ1) is 10.5. The van der Waals surface area contributed by atoms with Crippen molar-refractivity contribution in [3.8, 4) is 0 Å². The number of nitrogens with one attached hydrogen (secondary N) is 1. The average Bonchev–Trinajstić information content (AvgIpc) is 2.76. The van der Waals surface area contributed by atoms with Crippen LogP contribution in [0.3, 0.4) is 0 Å². The lowest BCUT2D eigenvalue weighted by Crippen LogP contribution is -2.24. The van der Waals surface area contributed by atoms with Gasteiger partial charge in [-0.1, -0.05) is 18.6 Å². The van der Waals surface area contributed by atoms with Crippen LogP contribution in [-0.4, -0.2) is 28.0 Å². The van der Waals surface area contributed by atoms with Gasteiger partial charge in [-0.2, -0.15) is 0 Å². The molecule has 1 N–H and O–H groups in total. The fraction of sp³-hybridized carbons (Fsp3) is 0.400. The molecule has 5 nitrogen and oxygen atoms in total. The summed E-state index contributed by atoms with van der Waals surface area (Å²) in [5.41, 5.74) is 0.299. The third-order valence-corrected chi connectivity index (χ3v) is 5.34. The van der Waals surface area contributed by atoms with Crippen molar-refractivity contribution in [2.75, 3.05) is 13.7 Å². The molecule has 0 aromatic heterocycles. The van der Waals surface area contributed by atoms with Gasteiger partial charge in [0.05, 0.1) is 7.11 Å². The predicted molar refractivity (Wildman–Crippen MR) is 79.1 cm³/mol. The van der Waals surface area contributed by atoms with Crippen molar-refractivity contribution < 1.29 is 22.3 Å². The largest absolute Gasteiger partial charge is 0.465 e. The minimum absolute atomic E-state index is 0.299. The molecule has 0 spiro atoms. The van der Waals surface area contributed by atoms with Crippen molar-refractivity contribution in [2.45, 2.75) is 30.6 Å². The zero-order chi connectivity index (χ0) is 16.2. The van der Waals surface area contributed by atoms with Crippen LogP contribution in [0.15, 0.2) is 39.8 Å². The number of halogens is 1. The fourth-order valence-corrected chi connectivity index (χ4v) is 3.99. The summed E-state index contributed by atoms with van der Waals surface area (Å²) in [7, 11) is -3.18. The first kappa shape index (κ1) is 16.5. The predicted octanol–water partition coefficient (Wildman–Crippen LogP) is 2.15. The summed E-state index contributed by atoms with van der Waals surface area (Å²) in [5.74, 6) is -1.87. The van der Waals surface area contributed by atoms with Crippen LogP contribution in [0.25, 0.3) is 0 Å². The van der Waals surface area contributed by atoms with Gasteiger partial charge in [-0.15, -0.1) is 0 Å². The molecule has 1 heterocycles. The first-order valence-electron chi connectivity index (χ1n) is 7.03. The second-order valence-corrected chi connectivity index (χ2v) is 6.83. The molecular formula is C15H18FNO4S. The van der Waals surface area contributed by atoms with Crippen LogP contribution in [0.2, 0.25) is 0 Å². The molecular weight excluding hydrogens is 309 g/mol. The fourth-order valence-electron chi connectivity index (χ4n) is 2.39. The molecule has 22 heavy (non-hydrogen) atoms. The van der Waals surface area contributed by atoms with Gasteiger partial charge in [-0.25, -0.2) is 17.6 Å². The molecule has 0 unspecified atom stereocenters. The quantitative estimate of drug-likeness (QED) is 0.680. The summed E-state index contributed by atoms with van der Waals surface area (Å²) in [4.78, 5) is 11.0. The Morgan fingerprint density at radius 2 is 1.95 bits per heavy atom. The molecule has 1 aliphatic rings. The number of carbonyl (C=O) groups is 1. The average molecular weight is 327 g/mol. The summed E-state index contributed by atoms with van der Waals surface area (Å²) in [6.45, 7) is 0.572. The number of rotatable bonds is 3. The van der Waals surface area contributed by atoms with Gasteiger partial charge < -0.3 is 10.1 Å². The number of carbonyl (C=O) groups excluding carboxylic acids is 1. The van der Waals surface area contributed by atoms with E-state index in [1.807, 2.05) is 0 Å². The van der Waals surface area contributed by atoms with E-state index in [9.17, 15) is 17.6 Å². The van der Waals surface area contributed by atoms with Gasteiger partial charge in [0.25, 0.3) is 0 Å². The minimum atomic E-state index is -4.29. The van der Waals surface area contributed by atoms with Gasteiger partial charge in [0.15, 0.2) is 4.91 Å². The Bertz CT molecular complexity index is 687. The second kappa shape index (κ2) is 6.91. The molecule has 2 rings (SSSR count). The van der Waals surface area contributed by atoms with E-state index in [1.165, 1.54) is 12.1 Å². The number of hydrogen-bond acceptors (Lipinski definition) is 5. The summed E-state index contributed by atoms with van der Waals surface area (Å²) in [5, 5.41) is 2.97. The molecule has 0 amide bonds. The standard InChI is InChI=1S/C15H18FNO4S/c1-21-15(18)14(12-8-3-2-6-10-17-12)22(19,20)13-9-5-4-7-11(13)16/h4-5,7,9,17H,2-3,6,8,10H2,1H3. The van der Waals surface area contributed by atoms with E-state index in [0.29, 0.717) is 18.7 Å². The summed E-state index contributed by atoms with van der Waals surface area (Å²) < 4.78 is 44.0. The maximum atomic E-state index is 13.9. The molecule has 1 aliphatic heterocycles. The van der Waals surface area contributed by atoms with Gasteiger partial charge in [0.2, 0.25) is 9.84 Å². The third-order valence-electron chi connectivity index (χ3n) is 3.48. The molecule has 0 radical (unpaired) electrons. The van der Waals surface area contributed by atoms with Crippen molar-refractivity contribution in [2.24, 2.45) is 0 Å². The van der Waals surface area contributed by atoms with Gasteiger partial charge in [-0.3, -0.25) is 0 Å². The van der Waals surface area contributed by atoms with E-state index in [4.69, 9.17) is 0 Å². The highest BCUT2D eigenvalue weighted by molar-refractivity contribution is 7.96. The molecule has 1 saturated heterocycles. The summed E-state index contributed by atoms with van der Waals surface area (Å²) in [6.07, 6.45) is 3.00. The van der Waals surface area contributed by atoms with Crippen molar-refractivity contribution in [3.63, 3.8) is 0 Å². The topological polar surface area (TPSA) is 72.5 Å². The van der Waals surface area contributed by atoms with Gasteiger partial charge in [-0.05, 0) is 31.4 Å². The molecule has 0 aliphatic carbocycles.